The number of hydrogen-bond acceptors (Lipinski definition) is 3. The fraction of sp³-hybridized carbons (Fsp3) is 0.333. The molecule has 2 rings (SSSR count). The molecule has 1 fully saturated rings. The molecule has 2 amide bonds. The molecule has 2 heterocycles. The molecule has 1 aromatic heterocycles. The SMILES string of the molecule is NC(=O)[C@H]1CCN(C(=O)/C=C/c2ccc(Br)o2)C1. The quantitative estimate of drug-likeness (QED) is 0.857. The van der Waals surface area contributed by atoms with Crippen molar-refractivity contribution in [3.8, 4) is 0 Å². The summed E-state index contributed by atoms with van der Waals surface area (Å²) in [5.41, 5.74) is 5.21. The molecule has 0 bridgehead atoms. The van der Waals surface area contributed by atoms with E-state index in [2.05, 4.69) is 15.9 Å². The molecule has 0 unspecified atom stereocenters. The Kier molecular flexibility index (Phi) is 3.86. The average Bonchev–Trinajstić information content (AvgIpc) is 2.94. The zero-order chi connectivity index (χ0) is 13.1. The van der Waals surface area contributed by atoms with E-state index in [4.69, 9.17) is 10.2 Å². The minimum Gasteiger partial charge on any atom is -0.450 e. The molecule has 1 aliphatic rings. The van der Waals surface area contributed by atoms with Gasteiger partial charge >= 0.3 is 0 Å². The highest BCUT2D eigenvalue weighted by molar-refractivity contribution is 9.10. The van der Waals surface area contributed by atoms with Crippen LogP contribution in [0.25, 0.3) is 6.08 Å². The van der Waals surface area contributed by atoms with Gasteiger partial charge < -0.3 is 15.1 Å². The number of rotatable bonds is 3. The Labute approximate surface area is 113 Å². The maximum atomic E-state index is 11.8. The monoisotopic (exact) mass is 312 g/mol. The molecule has 1 aliphatic heterocycles. The predicted molar refractivity (Wildman–Crippen MR) is 69.3 cm³/mol. The Morgan fingerprint density at radius 1 is 1.50 bits per heavy atom. The molecule has 2 N–H and O–H groups in total. The Balaban J connectivity index is 1.93. The lowest BCUT2D eigenvalue weighted by atomic mass is 10.1. The van der Waals surface area contributed by atoms with Crippen LogP contribution in [0.15, 0.2) is 27.3 Å². The van der Waals surface area contributed by atoms with Gasteiger partial charge in [-0.1, -0.05) is 0 Å². The Morgan fingerprint density at radius 3 is 2.83 bits per heavy atom. The highest BCUT2D eigenvalue weighted by Crippen LogP contribution is 2.17. The molecule has 1 aromatic rings. The zero-order valence-corrected chi connectivity index (χ0v) is 11.2. The van der Waals surface area contributed by atoms with Gasteiger partial charge in [-0.2, -0.15) is 0 Å². The van der Waals surface area contributed by atoms with E-state index in [-0.39, 0.29) is 17.7 Å². The first kappa shape index (κ1) is 12.9. The largest absolute Gasteiger partial charge is 0.450 e. The zero-order valence-electron chi connectivity index (χ0n) is 9.64. The standard InChI is InChI=1S/C12H13BrN2O3/c13-10-3-1-9(18-10)2-4-11(16)15-6-5-8(7-15)12(14)17/h1-4,8H,5-7H2,(H2,14,17)/b4-2+/t8-/m0/s1. The van der Waals surface area contributed by atoms with Gasteiger partial charge in [0.2, 0.25) is 11.8 Å². The minimum absolute atomic E-state index is 0.133. The Bertz CT molecular complexity index is 495. The number of amides is 2. The van der Waals surface area contributed by atoms with E-state index >= 15 is 0 Å². The maximum absolute atomic E-state index is 11.8. The van der Waals surface area contributed by atoms with Crippen molar-refractivity contribution >= 4 is 33.8 Å². The van der Waals surface area contributed by atoms with Crippen molar-refractivity contribution in [2.45, 2.75) is 6.42 Å². The van der Waals surface area contributed by atoms with Crippen molar-refractivity contribution < 1.29 is 14.0 Å². The maximum Gasteiger partial charge on any atom is 0.246 e. The minimum atomic E-state index is -0.343. The second-order valence-corrected chi connectivity index (χ2v) is 4.93. The normalized spacial score (nSPS) is 19.6. The number of nitrogens with zero attached hydrogens (tertiary/aromatic N) is 1. The molecule has 96 valence electrons. The first-order valence-electron chi connectivity index (χ1n) is 5.58. The number of hydrogen-bond donors (Lipinski definition) is 1. The fourth-order valence-electron chi connectivity index (χ4n) is 1.87. The van der Waals surface area contributed by atoms with Gasteiger partial charge in [0.1, 0.15) is 5.76 Å². The average molecular weight is 313 g/mol. The van der Waals surface area contributed by atoms with Crippen LogP contribution in [0.5, 0.6) is 0 Å². The van der Waals surface area contributed by atoms with Gasteiger partial charge in [-0.05, 0) is 40.6 Å². The van der Waals surface area contributed by atoms with E-state index in [1.807, 2.05) is 0 Å². The summed E-state index contributed by atoms with van der Waals surface area (Å²) in [6, 6.07) is 3.51. The Morgan fingerprint density at radius 2 is 2.28 bits per heavy atom. The van der Waals surface area contributed by atoms with Gasteiger partial charge in [-0.3, -0.25) is 9.59 Å². The number of halogens is 1. The van der Waals surface area contributed by atoms with Crippen molar-refractivity contribution in [3.63, 3.8) is 0 Å². The molecule has 0 spiro atoms. The molecule has 5 nitrogen and oxygen atoms in total. The van der Waals surface area contributed by atoms with E-state index in [1.54, 1.807) is 23.1 Å². The van der Waals surface area contributed by atoms with Crippen LogP contribution < -0.4 is 5.73 Å². The van der Waals surface area contributed by atoms with Crippen LogP contribution in [0, 0.1) is 5.92 Å². The molecule has 0 aliphatic carbocycles. The summed E-state index contributed by atoms with van der Waals surface area (Å²) in [6.07, 6.45) is 3.68. The van der Waals surface area contributed by atoms with E-state index in [1.165, 1.54) is 6.08 Å². The third kappa shape index (κ3) is 3.01. The van der Waals surface area contributed by atoms with Crippen LogP contribution in [0.3, 0.4) is 0 Å². The summed E-state index contributed by atoms with van der Waals surface area (Å²) in [4.78, 5) is 24.4. The van der Waals surface area contributed by atoms with Crippen molar-refractivity contribution in [3.05, 3.63) is 28.6 Å². The Hall–Kier alpha value is -1.56. The summed E-state index contributed by atoms with van der Waals surface area (Å²) < 4.78 is 5.86. The third-order valence-electron chi connectivity index (χ3n) is 2.89. The second kappa shape index (κ2) is 5.39. The molecule has 6 heteroatoms. The van der Waals surface area contributed by atoms with Crippen LogP contribution in [0.1, 0.15) is 12.2 Å². The molecule has 1 atom stereocenters. The van der Waals surface area contributed by atoms with Gasteiger partial charge in [0.05, 0.1) is 5.92 Å². The van der Waals surface area contributed by atoms with Gasteiger partial charge in [-0.25, -0.2) is 0 Å². The molecule has 0 radical (unpaired) electrons. The number of primary amides is 1. The summed E-state index contributed by atoms with van der Waals surface area (Å²) in [7, 11) is 0. The number of carbonyl (C=O) groups is 2. The first-order chi connectivity index (χ1) is 8.56. The fourth-order valence-corrected chi connectivity index (χ4v) is 2.19. The van der Waals surface area contributed by atoms with Crippen molar-refractivity contribution in [1.29, 1.82) is 0 Å². The number of carbonyl (C=O) groups excluding carboxylic acids is 2. The molecule has 1 saturated heterocycles. The smallest absolute Gasteiger partial charge is 0.246 e. The van der Waals surface area contributed by atoms with Gasteiger partial charge in [0.15, 0.2) is 4.67 Å². The van der Waals surface area contributed by atoms with Crippen molar-refractivity contribution in [2.24, 2.45) is 11.7 Å². The van der Waals surface area contributed by atoms with E-state index in [0.717, 1.165) is 0 Å². The van der Waals surface area contributed by atoms with Crippen LogP contribution in [-0.4, -0.2) is 29.8 Å². The van der Waals surface area contributed by atoms with Crippen molar-refractivity contribution in [2.75, 3.05) is 13.1 Å². The predicted octanol–water partition coefficient (Wildman–Crippen LogP) is 1.39. The second-order valence-electron chi connectivity index (χ2n) is 4.15. The molecular formula is C12H13BrN2O3. The number of nitrogens with two attached hydrogens (primary N) is 1. The van der Waals surface area contributed by atoms with Gasteiger partial charge in [-0.15, -0.1) is 0 Å². The highest BCUT2D eigenvalue weighted by atomic mass is 79.9. The lowest BCUT2D eigenvalue weighted by Crippen LogP contribution is -2.30. The van der Waals surface area contributed by atoms with Gasteiger partial charge in [0.25, 0.3) is 0 Å². The highest BCUT2D eigenvalue weighted by Gasteiger charge is 2.28. The lowest BCUT2D eigenvalue weighted by Gasteiger charge is -2.12. The number of furan rings is 1. The molecule has 18 heavy (non-hydrogen) atoms. The first-order valence-corrected chi connectivity index (χ1v) is 6.37. The molecule has 0 saturated carbocycles. The molecule has 0 aromatic carbocycles. The van der Waals surface area contributed by atoms with E-state index < -0.39 is 0 Å². The third-order valence-corrected chi connectivity index (χ3v) is 3.31. The number of likely N-dealkylation sites (tertiary alicyclic amines) is 1. The van der Waals surface area contributed by atoms with Crippen LogP contribution in [0.4, 0.5) is 0 Å². The molecular weight excluding hydrogens is 300 g/mol. The summed E-state index contributed by atoms with van der Waals surface area (Å²) in [5, 5.41) is 0. The van der Waals surface area contributed by atoms with Crippen molar-refractivity contribution in [1.82, 2.24) is 4.90 Å². The van der Waals surface area contributed by atoms with Gasteiger partial charge in [0, 0.05) is 19.2 Å². The van der Waals surface area contributed by atoms with Crippen LogP contribution in [-0.2, 0) is 9.59 Å². The topological polar surface area (TPSA) is 76.5 Å². The summed E-state index contributed by atoms with van der Waals surface area (Å²) >= 11 is 3.18. The summed E-state index contributed by atoms with van der Waals surface area (Å²) in [6.45, 7) is 0.971. The van der Waals surface area contributed by atoms with Crippen LogP contribution in [0.2, 0.25) is 0 Å². The lowest BCUT2D eigenvalue weighted by molar-refractivity contribution is -0.125. The van der Waals surface area contributed by atoms with Crippen LogP contribution >= 0.6 is 15.9 Å². The van der Waals surface area contributed by atoms with E-state index in [9.17, 15) is 9.59 Å². The van der Waals surface area contributed by atoms with E-state index in [0.29, 0.717) is 29.9 Å². The summed E-state index contributed by atoms with van der Waals surface area (Å²) in [5.74, 6) is -0.100.